The van der Waals surface area contributed by atoms with Gasteiger partial charge in [-0.05, 0) is 43.7 Å². The van der Waals surface area contributed by atoms with Crippen LogP contribution in [-0.4, -0.2) is 58.1 Å². The second-order valence-corrected chi connectivity index (χ2v) is 9.97. The van der Waals surface area contributed by atoms with E-state index in [1.807, 2.05) is 6.92 Å². The number of amides is 1. The van der Waals surface area contributed by atoms with Crippen LogP contribution in [0.2, 0.25) is 0 Å². The Morgan fingerprint density at radius 2 is 2.09 bits per heavy atom. The highest BCUT2D eigenvalue weighted by Gasteiger charge is 2.28. The quantitative estimate of drug-likeness (QED) is 0.561. The Morgan fingerprint density at radius 1 is 1.24 bits per heavy atom. The van der Waals surface area contributed by atoms with E-state index in [0.29, 0.717) is 23.7 Å². The Bertz CT molecular complexity index is 1210. The van der Waals surface area contributed by atoms with Gasteiger partial charge in [0.25, 0.3) is 5.56 Å². The molecule has 3 aromatic rings. The lowest BCUT2D eigenvalue weighted by atomic mass is 9.97. The minimum Gasteiger partial charge on any atom is -0.356 e. The zero-order valence-corrected chi connectivity index (χ0v) is 19.8. The molecule has 1 aromatic carbocycles. The molecule has 4 heterocycles. The molecular weight excluding hydrogens is 436 g/mol. The second kappa shape index (κ2) is 9.61. The fourth-order valence-corrected chi connectivity index (χ4v) is 5.79. The first kappa shape index (κ1) is 22.0. The van der Waals surface area contributed by atoms with Gasteiger partial charge < -0.3 is 10.2 Å². The predicted octanol–water partition coefficient (Wildman–Crippen LogP) is 2.24. The molecule has 1 atom stereocenters. The van der Waals surface area contributed by atoms with Crippen LogP contribution in [0.1, 0.15) is 36.1 Å². The van der Waals surface area contributed by atoms with Crippen molar-refractivity contribution in [2.24, 2.45) is 5.92 Å². The molecule has 0 saturated carbocycles. The molecule has 2 aromatic heterocycles. The highest BCUT2D eigenvalue weighted by atomic mass is 32.1. The van der Waals surface area contributed by atoms with Crippen LogP contribution in [0.4, 0.5) is 5.13 Å². The summed E-state index contributed by atoms with van der Waals surface area (Å²) in [6.45, 7) is 7.07. The van der Waals surface area contributed by atoms with Crippen molar-refractivity contribution in [2.75, 3.05) is 37.6 Å². The Labute approximate surface area is 197 Å². The van der Waals surface area contributed by atoms with Crippen LogP contribution < -0.4 is 15.8 Å². The van der Waals surface area contributed by atoms with E-state index in [2.05, 4.69) is 49.5 Å². The van der Waals surface area contributed by atoms with Gasteiger partial charge in [-0.15, -0.1) is 5.10 Å². The number of benzene rings is 1. The average Bonchev–Trinajstić information content (AvgIpc) is 3.26. The number of carbonyl (C=O) groups excluding carboxylic acids is 1. The van der Waals surface area contributed by atoms with Crippen molar-refractivity contribution < 1.29 is 4.79 Å². The number of aromatic nitrogens is 3. The van der Waals surface area contributed by atoms with Crippen molar-refractivity contribution in [3.8, 4) is 0 Å². The zero-order chi connectivity index (χ0) is 22.8. The van der Waals surface area contributed by atoms with E-state index in [1.165, 1.54) is 33.0 Å². The number of fused-ring (bicyclic) bond motifs is 2. The number of hydrogen-bond acceptors (Lipinski definition) is 7. The van der Waals surface area contributed by atoms with Crippen molar-refractivity contribution in [2.45, 2.75) is 39.2 Å². The summed E-state index contributed by atoms with van der Waals surface area (Å²) >= 11 is 1.41. The summed E-state index contributed by atoms with van der Waals surface area (Å²) in [4.78, 5) is 34.6. The fraction of sp³-hybridized carbons (Fsp3) is 0.500. The Kier molecular flexibility index (Phi) is 6.41. The number of nitrogens with one attached hydrogen (secondary N) is 1. The van der Waals surface area contributed by atoms with E-state index < -0.39 is 0 Å². The number of aryl methyl sites for hydroxylation is 1. The summed E-state index contributed by atoms with van der Waals surface area (Å²) in [5, 5.41) is 8.37. The lowest BCUT2D eigenvalue weighted by molar-refractivity contribution is -0.125. The molecule has 2 aliphatic heterocycles. The molecule has 0 radical (unpaired) electrons. The molecule has 33 heavy (non-hydrogen) atoms. The second-order valence-electron chi connectivity index (χ2n) is 9.04. The van der Waals surface area contributed by atoms with Crippen molar-refractivity contribution in [3.05, 3.63) is 57.5 Å². The van der Waals surface area contributed by atoms with E-state index in [1.54, 1.807) is 0 Å². The summed E-state index contributed by atoms with van der Waals surface area (Å²) in [5.74, 6) is 0.0648. The van der Waals surface area contributed by atoms with E-state index >= 15 is 0 Å². The van der Waals surface area contributed by atoms with Crippen LogP contribution in [-0.2, 0) is 17.8 Å². The lowest BCUT2D eigenvalue weighted by Crippen LogP contribution is -2.43. The predicted molar refractivity (Wildman–Crippen MR) is 130 cm³/mol. The molecule has 8 nitrogen and oxygen atoms in total. The fourth-order valence-electron chi connectivity index (χ4n) is 4.81. The number of anilines is 1. The van der Waals surface area contributed by atoms with Gasteiger partial charge in [0.2, 0.25) is 16.0 Å². The molecule has 1 fully saturated rings. The van der Waals surface area contributed by atoms with Gasteiger partial charge in [-0.25, -0.2) is 4.98 Å². The largest absolute Gasteiger partial charge is 0.356 e. The van der Waals surface area contributed by atoms with Crippen LogP contribution in [0.5, 0.6) is 0 Å². The summed E-state index contributed by atoms with van der Waals surface area (Å²) in [6, 6.07) is 10.2. The molecule has 1 N–H and O–H groups in total. The number of nitrogens with zero attached hydrogens (tertiary/aromatic N) is 5. The molecule has 0 aliphatic carbocycles. The number of hydrogen-bond donors (Lipinski definition) is 1. The minimum atomic E-state index is -0.163. The lowest BCUT2D eigenvalue weighted by Gasteiger charge is -2.31. The topological polar surface area (TPSA) is 82.8 Å². The molecule has 1 amide bonds. The third kappa shape index (κ3) is 4.94. The summed E-state index contributed by atoms with van der Waals surface area (Å²) < 4.78 is 1.36. The maximum Gasteiger partial charge on any atom is 0.275 e. The van der Waals surface area contributed by atoms with Crippen molar-refractivity contribution >= 4 is 27.3 Å². The molecule has 2 aliphatic rings. The standard InChI is InChI=1S/C24H30N6O2S/c1-17-14-21(31)30-23(26-17)33-24(27-30)29-12-4-8-20(16-29)22(32)25-10-5-11-28-13-9-18-6-2-3-7-19(18)15-28/h2-3,6-7,14,20H,4-5,8-13,15-16H2,1H3,(H,25,32). The van der Waals surface area contributed by atoms with Gasteiger partial charge in [0, 0.05) is 51.0 Å². The van der Waals surface area contributed by atoms with Crippen molar-refractivity contribution in [3.63, 3.8) is 0 Å². The maximum atomic E-state index is 12.8. The van der Waals surface area contributed by atoms with Crippen LogP contribution >= 0.6 is 11.3 Å². The van der Waals surface area contributed by atoms with E-state index in [4.69, 9.17) is 0 Å². The van der Waals surface area contributed by atoms with E-state index in [-0.39, 0.29) is 17.4 Å². The highest BCUT2D eigenvalue weighted by molar-refractivity contribution is 7.20. The van der Waals surface area contributed by atoms with Crippen molar-refractivity contribution in [1.29, 1.82) is 0 Å². The Balaban J connectivity index is 1.11. The van der Waals surface area contributed by atoms with Gasteiger partial charge in [-0.1, -0.05) is 35.6 Å². The first-order valence-corrected chi connectivity index (χ1v) is 12.6. The van der Waals surface area contributed by atoms with Crippen LogP contribution in [0.15, 0.2) is 35.1 Å². The smallest absolute Gasteiger partial charge is 0.275 e. The number of rotatable bonds is 6. The maximum absolute atomic E-state index is 12.8. The zero-order valence-electron chi connectivity index (χ0n) is 19.0. The molecular formula is C24H30N6O2S. The van der Waals surface area contributed by atoms with Gasteiger partial charge in [0.15, 0.2) is 0 Å². The average molecular weight is 467 g/mol. The monoisotopic (exact) mass is 466 g/mol. The van der Waals surface area contributed by atoms with Crippen LogP contribution in [0, 0.1) is 12.8 Å². The van der Waals surface area contributed by atoms with Gasteiger partial charge in [0.1, 0.15) is 0 Å². The van der Waals surface area contributed by atoms with Gasteiger partial charge >= 0.3 is 0 Å². The van der Waals surface area contributed by atoms with Crippen LogP contribution in [0.3, 0.4) is 0 Å². The molecule has 0 spiro atoms. The molecule has 1 saturated heterocycles. The Morgan fingerprint density at radius 3 is 2.97 bits per heavy atom. The van der Waals surface area contributed by atoms with Gasteiger partial charge in [-0.2, -0.15) is 4.52 Å². The third-order valence-corrected chi connectivity index (χ3v) is 7.55. The molecule has 174 valence electrons. The van der Waals surface area contributed by atoms with Gasteiger partial charge in [-0.3, -0.25) is 14.5 Å². The summed E-state index contributed by atoms with van der Waals surface area (Å²) in [6.07, 6.45) is 3.87. The molecule has 5 rings (SSSR count). The number of carbonyl (C=O) groups is 1. The first-order valence-electron chi connectivity index (χ1n) is 11.8. The summed E-state index contributed by atoms with van der Waals surface area (Å²) in [5.41, 5.74) is 3.42. The highest BCUT2D eigenvalue weighted by Crippen LogP contribution is 2.27. The molecule has 0 bridgehead atoms. The normalized spacial score (nSPS) is 18.9. The van der Waals surface area contributed by atoms with Crippen LogP contribution in [0.25, 0.3) is 4.96 Å². The SMILES string of the molecule is Cc1cc(=O)n2nc(N3CCCC(C(=O)NCCCN4CCc5ccccc5C4)C3)sc2n1. The Hall–Kier alpha value is -2.78. The summed E-state index contributed by atoms with van der Waals surface area (Å²) in [7, 11) is 0. The molecule has 1 unspecified atom stereocenters. The van der Waals surface area contributed by atoms with Crippen molar-refractivity contribution in [1.82, 2.24) is 24.8 Å². The minimum absolute atomic E-state index is 0.0564. The van der Waals surface area contributed by atoms with E-state index in [0.717, 1.165) is 57.0 Å². The molecule has 9 heteroatoms. The van der Waals surface area contributed by atoms with E-state index in [9.17, 15) is 9.59 Å². The third-order valence-electron chi connectivity index (χ3n) is 6.59. The first-order chi connectivity index (χ1) is 16.1. The van der Waals surface area contributed by atoms with Gasteiger partial charge in [0.05, 0.1) is 5.92 Å². The number of piperidine rings is 1.